The van der Waals surface area contributed by atoms with Gasteiger partial charge in [0.15, 0.2) is 30.3 Å². The van der Waals surface area contributed by atoms with Crippen LogP contribution < -0.4 is 36.3 Å². The number of thiazole rings is 1. The molecule has 0 saturated carbocycles. The maximum Gasteiger partial charge on any atom is 0.262 e. The molecule has 7 heteroatoms. The number of rotatable bonds is 20. The first-order chi connectivity index (χ1) is 19.2. The third kappa shape index (κ3) is 13.3. The molecule has 0 fully saturated rings. The number of halogens is 1. The molecule has 0 spiro atoms. The number of unbranched alkanes of at least 4 members (excludes halogenated alkanes) is 11. The summed E-state index contributed by atoms with van der Waals surface area (Å²) in [5, 5.41) is 5.05. The number of ether oxygens (including phenoxy) is 2. The molecule has 0 atom stereocenters. The summed E-state index contributed by atoms with van der Waals surface area (Å²) in [6.07, 6.45) is 15.9. The summed E-state index contributed by atoms with van der Waals surface area (Å²) < 4.78 is 14.0. The molecule has 3 aromatic rings. The smallest absolute Gasteiger partial charge is 0.262 e. The predicted molar refractivity (Wildman–Crippen MR) is 162 cm³/mol. The molecule has 1 heterocycles. The molecule has 220 valence electrons. The lowest BCUT2D eigenvalue weighted by Gasteiger charge is -2.13. The van der Waals surface area contributed by atoms with Crippen molar-refractivity contribution in [1.29, 1.82) is 0 Å². The minimum absolute atomic E-state index is 0. The number of hydrogen-bond acceptors (Lipinski definition) is 4. The van der Waals surface area contributed by atoms with Crippen LogP contribution in [0, 0.1) is 6.92 Å². The van der Waals surface area contributed by atoms with Gasteiger partial charge < -0.3 is 31.8 Å². The molecule has 0 bridgehead atoms. The molecule has 0 aliphatic carbocycles. The minimum atomic E-state index is -0.193. The van der Waals surface area contributed by atoms with E-state index in [1.165, 1.54) is 81.9 Å². The molecule has 0 unspecified atom stereocenters. The quantitative estimate of drug-likeness (QED) is 0.133. The Balaban J connectivity index is 0.00000560. The molecule has 0 radical (unpaired) electrons. The first kappa shape index (κ1) is 33.8. The molecule has 0 aliphatic heterocycles. The zero-order valence-electron chi connectivity index (χ0n) is 24.3. The number of aromatic nitrogens is 1. The number of anilines is 1. The number of carbonyl (C=O) groups excluding carboxylic acids is 1. The van der Waals surface area contributed by atoms with Gasteiger partial charge in [-0.2, -0.15) is 4.57 Å². The van der Waals surface area contributed by atoms with Crippen LogP contribution in [0.25, 0.3) is 0 Å². The van der Waals surface area contributed by atoms with Gasteiger partial charge >= 0.3 is 0 Å². The van der Waals surface area contributed by atoms with E-state index in [9.17, 15) is 4.79 Å². The van der Waals surface area contributed by atoms with Crippen LogP contribution in [0.15, 0.2) is 59.4 Å². The van der Waals surface area contributed by atoms with Crippen molar-refractivity contribution >= 4 is 22.9 Å². The molecule has 5 nitrogen and oxygen atoms in total. The Hall–Kier alpha value is -2.38. The van der Waals surface area contributed by atoms with E-state index >= 15 is 0 Å². The van der Waals surface area contributed by atoms with Crippen LogP contribution in [0.3, 0.4) is 0 Å². The highest BCUT2D eigenvalue weighted by atomic mass is 79.9. The fourth-order valence-corrected chi connectivity index (χ4v) is 5.34. The zero-order chi connectivity index (χ0) is 27.5. The van der Waals surface area contributed by atoms with E-state index in [-0.39, 0.29) is 29.5 Å². The maximum absolute atomic E-state index is 12.5. The van der Waals surface area contributed by atoms with Crippen LogP contribution in [-0.4, -0.2) is 19.1 Å². The highest BCUT2D eigenvalue weighted by Gasteiger charge is 2.10. The summed E-state index contributed by atoms with van der Waals surface area (Å²) in [5.41, 5.74) is 5.31. The Bertz CT molecular complexity index is 1090. The van der Waals surface area contributed by atoms with Crippen molar-refractivity contribution in [3.63, 3.8) is 0 Å². The molecule has 40 heavy (non-hydrogen) atoms. The van der Waals surface area contributed by atoms with Crippen LogP contribution in [-0.2, 0) is 11.3 Å². The molecule has 1 N–H and O–H groups in total. The number of nitrogens with one attached hydrogen (secondary N) is 1. The first-order valence-electron chi connectivity index (χ1n) is 14.8. The summed E-state index contributed by atoms with van der Waals surface area (Å²) in [4.78, 5) is 12.5. The van der Waals surface area contributed by atoms with E-state index in [1.54, 1.807) is 11.3 Å². The van der Waals surface area contributed by atoms with Crippen molar-refractivity contribution in [2.24, 2.45) is 0 Å². The molecule has 0 aliphatic rings. The number of hydrogen-bond donors (Lipinski definition) is 1. The summed E-state index contributed by atoms with van der Waals surface area (Å²) in [5.74, 6) is 1.10. The van der Waals surface area contributed by atoms with Crippen molar-refractivity contribution < 1.29 is 35.8 Å². The summed E-state index contributed by atoms with van der Waals surface area (Å²) in [7, 11) is 0. The average Bonchev–Trinajstić information content (AvgIpc) is 3.35. The van der Waals surface area contributed by atoms with Crippen molar-refractivity contribution in [3.8, 4) is 11.5 Å². The van der Waals surface area contributed by atoms with Gasteiger partial charge in [-0.15, -0.1) is 0 Å². The van der Waals surface area contributed by atoms with Crippen molar-refractivity contribution in [2.45, 2.75) is 97.4 Å². The van der Waals surface area contributed by atoms with Crippen molar-refractivity contribution in [2.75, 3.05) is 18.5 Å². The van der Waals surface area contributed by atoms with Crippen LogP contribution in [0.4, 0.5) is 5.69 Å². The second-order valence-corrected chi connectivity index (χ2v) is 11.1. The van der Waals surface area contributed by atoms with Gasteiger partial charge in [0, 0.05) is 18.2 Å². The number of nitrogens with zero attached hydrogens (tertiary/aromatic N) is 1. The molecule has 1 amide bonds. The standard InChI is InChI=1S/C33H46N2O3S.BrH/c1-3-4-5-6-7-8-9-10-11-12-13-16-23-37-31-17-14-15-18-32(31)38-25-33(36)34-30-21-19-29(20-22-30)24-35-27-39-26-28(35)2;/h14-15,17-22,26-27H,3-13,16,23-25H2,1-2H3;1H. The summed E-state index contributed by atoms with van der Waals surface area (Å²) >= 11 is 1.70. The van der Waals surface area contributed by atoms with Gasteiger partial charge in [0.05, 0.1) is 12.0 Å². The van der Waals surface area contributed by atoms with Gasteiger partial charge in [0.2, 0.25) is 5.51 Å². The SMILES string of the molecule is CCCCCCCCCCCCCCOc1ccccc1OCC(=O)Nc1ccc(C[n+]2cscc2C)cc1.[Br-]. The monoisotopic (exact) mass is 630 g/mol. The molecular formula is C33H47BrN2O3S. The highest BCUT2D eigenvalue weighted by molar-refractivity contribution is 7.07. The topological polar surface area (TPSA) is 51.4 Å². The summed E-state index contributed by atoms with van der Waals surface area (Å²) in [6, 6.07) is 15.5. The highest BCUT2D eigenvalue weighted by Crippen LogP contribution is 2.27. The van der Waals surface area contributed by atoms with Gasteiger partial charge in [0.1, 0.15) is 0 Å². The van der Waals surface area contributed by atoms with Gasteiger partial charge in [-0.05, 0) is 30.7 Å². The van der Waals surface area contributed by atoms with Gasteiger partial charge in [0.25, 0.3) is 5.91 Å². The fraction of sp³-hybridized carbons (Fsp3) is 0.515. The lowest BCUT2D eigenvalue weighted by atomic mass is 10.1. The normalized spacial score (nSPS) is 10.7. The molecular weight excluding hydrogens is 584 g/mol. The number of benzene rings is 2. The first-order valence-corrected chi connectivity index (χ1v) is 15.8. The molecule has 2 aromatic carbocycles. The second-order valence-electron chi connectivity index (χ2n) is 10.3. The van der Waals surface area contributed by atoms with Crippen LogP contribution in [0.1, 0.15) is 95.2 Å². The third-order valence-corrected chi connectivity index (χ3v) is 7.79. The second kappa shape index (κ2) is 20.5. The van der Waals surface area contributed by atoms with Gasteiger partial charge in [-0.1, -0.05) is 113 Å². The van der Waals surface area contributed by atoms with Crippen LogP contribution >= 0.6 is 11.3 Å². The van der Waals surface area contributed by atoms with Crippen LogP contribution in [0.5, 0.6) is 11.5 Å². The fourth-order valence-electron chi connectivity index (χ4n) is 4.56. The van der Waals surface area contributed by atoms with Crippen LogP contribution in [0.2, 0.25) is 0 Å². The van der Waals surface area contributed by atoms with E-state index in [0.717, 1.165) is 18.7 Å². The Morgan fingerprint density at radius 2 is 1.38 bits per heavy atom. The Morgan fingerprint density at radius 3 is 1.95 bits per heavy atom. The number of aryl methyl sites for hydroxylation is 1. The van der Waals surface area contributed by atoms with E-state index in [2.05, 4.69) is 34.6 Å². The Morgan fingerprint density at radius 1 is 0.800 bits per heavy atom. The maximum atomic E-state index is 12.5. The van der Waals surface area contributed by atoms with E-state index in [0.29, 0.717) is 18.1 Å². The van der Waals surface area contributed by atoms with Gasteiger partial charge in [-0.25, -0.2) is 0 Å². The molecule has 0 saturated heterocycles. The number of amides is 1. The summed E-state index contributed by atoms with van der Waals surface area (Å²) in [6.45, 7) is 5.80. The number of para-hydroxylation sites is 2. The van der Waals surface area contributed by atoms with E-state index in [4.69, 9.17) is 9.47 Å². The third-order valence-electron chi connectivity index (χ3n) is 6.93. The predicted octanol–water partition coefficient (Wildman–Crippen LogP) is 5.49. The molecule has 3 rings (SSSR count). The van der Waals surface area contributed by atoms with E-state index in [1.807, 2.05) is 48.5 Å². The largest absolute Gasteiger partial charge is 1.00 e. The van der Waals surface area contributed by atoms with Crippen molar-refractivity contribution in [3.05, 3.63) is 70.7 Å². The van der Waals surface area contributed by atoms with E-state index < -0.39 is 0 Å². The van der Waals surface area contributed by atoms with Gasteiger partial charge in [-0.3, -0.25) is 4.79 Å². The Labute approximate surface area is 256 Å². The Kier molecular flexibility index (Phi) is 17.3. The number of carbonyl (C=O) groups is 1. The molecule has 1 aromatic heterocycles. The minimum Gasteiger partial charge on any atom is -1.00 e. The average molecular weight is 632 g/mol. The lowest BCUT2D eigenvalue weighted by molar-refractivity contribution is -0.689. The zero-order valence-corrected chi connectivity index (χ0v) is 26.7. The lowest BCUT2D eigenvalue weighted by Crippen LogP contribution is -3.00. The van der Waals surface area contributed by atoms with Crippen molar-refractivity contribution in [1.82, 2.24) is 0 Å².